The van der Waals surface area contributed by atoms with Gasteiger partial charge in [0.2, 0.25) is 12.7 Å². The van der Waals surface area contributed by atoms with Crippen molar-refractivity contribution < 1.29 is 23.8 Å². The van der Waals surface area contributed by atoms with Gasteiger partial charge in [-0.2, -0.15) is 0 Å². The summed E-state index contributed by atoms with van der Waals surface area (Å²) in [7, 11) is 0. The number of benzene rings is 1. The maximum absolute atomic E-state index is 12.4. The zero-order chi connectivity index (χ0) is 18.5. The first-order valence-corrected chi connectivity index (χ1v) is 9.78. The van der Waals surface area contributed by atoms with Gasteiger partial charge in [-0.15, -0.1) is 11.3 Å². The topological polar surface area (TPSA) is 86.8 Å². The van der Waals surface area contributed by atoms with Crippen LogP contribution in [0.5, 0.6) is 11.5 Å². The largest absolute Gasteiger partial charge is 0.466 e. The lowest BCUT2D eigenvalue weighted by Gasteiger charge is -2.11. The summed E-state index contributed by atoms with van der Waals surface area (Å²) in [5.41, 5.74) is 1.30. The Kier molecular flexibility index (Phi) is 6.00. The molecule has 3 rings (SSSR count). The predicted octanol–water partition coefficient (Wildman–Crippen LogP) is 3.10. The number of carbonyl (C=O) groups excluding carboxylic acids is 2. The highest BCUT2D eigenvalue weighted by Crippen LogP contribution is 2.34. The Morgan fingerprint density at radius 3 is 3.00 bits per heavy atom. The molecule has 2 aromatic rings. The van der Waals surface area contributed by atoms with Crippen LogP contribution in [0.1, 0.15) is 19.5 Å². The second-order valence-electron chi connectivity index (χ2n) is 5.40. The zero-order valence-electron chi connectivity index (χ0n) is 14.3. The summed E-state index contributed by atoms with van der Waals surface area (Å²) in [6.45, 7) is 4.11. The molecule has 0 bridgehead atoms. The standard InChI is InChI=1S/C17H18N2O5S2/c1-3-22-15(20)7-12-8-25-17(19-12)26-10(2)16(21)18-11-4-5-13-14(6-11)24-9-23-13/h4-6,8,10H,3,7,9H2,1-2H3,(H,18,21)/t10-/m1/s1. The lowest BCUT2D eigenvalue weighted by Crippen LogP contribution is -2.22. The van der Waals surface area contributed by atoms with E-state index in [0.29, 0.717) is 29.5 Å². The Hall–Kier alpha value is -2.26. The van der Waals surface area contributed by atoms with Gasteiger partial charge in [0.1, 0.15) is 0 Å². The normalized spacial score (nSPS) is 13.3. The maximum Gasteiger partial charge on any atom is 0.311 e. The van der Waals surface area contributed by atoms with Crippen molar-refractivity contribution in [2.24, 2.45) is 0 Å². The predicted molar refractivity (Wildman–Crippen MR) is 99.0 cm³/mol. The van der Waals surface area contributed by atoms with Crippen molar-refractivity contribution in [2.75, 3.05) is 18.7 Å². The van der Waals surface area contributed by atoms with Gasteiger partial charge in [-0.1, -0.05) is 11.8 Å². The molecule has 26 heavy (non-hydrogen) atoms. The van der Waals surface area contributed by atoms with Gasteiger partial charge in [0.05, 0.1) is 24.0 Å². The van der Waals surface area contributed by atoms with Gasteiger partial charge >= 0.3 is 5.97 Å². The van der Waals surface area contributed by atoms with Crippen molar-refractivity contribution in [2.45, 2.75) is 29.9 Å². The van der Waals surface area contributed by atoms with E-state index in [1.54, 1.807) is 32.0 Å². The SMILES string of the molecule is CCOC(=O)Cc1csc(S[C@H](C)C(=O)Nc2ccc3c(c2)OCO3)n1. The van der Waals surface area contributed by atoms with Crippen molar-refractivity contribution in [3.63, 3.8) is 0 Å². The zero-order valence-corrected chi connectivity index (χ0v) is 15.9. The van der Waals surface area contributed by atoms with Gasteiger partial charge in [0.25, 0.3) is 0 Å². The van der Waals surface area contributed by atoms with Crippen molar-refractivity contribution in [1.29, 1.82) is 0 Å². The number of hydrogen-bond donors (Lipinski definition) is 1. The van der Waals surface area contributed by atoms with E-state index in [0.717, 1.165) is 4.34 Å². The van der Waals surface area contributed by atoms with E-state index in [1.165, 1.54) is 23.1 Å². The summed E-state index contributed by atoms with van der Waals surface area (Å²) in [6, 6.07) is 5.26. The Morgan fingerprint density at radius 1 is 1.38 bits per heavy atom. The molecule has 1 aliphatic rings. The van der Waals surface area contributed by atoms with Gasteiger partial charge in [-0.25, -0.2) is 4.98 Å². The number of esters is 1. The van der Waals surface area contributed by atoms with Crippen molar-refractivity contribution in [3.05, 3.63) is 29.3 Å². The van der Waals surface area contributed by atoms with E-state index < -0.39 is 0 Å². The fraction of sp³-hybridized carbons (Fsp3) is 0.353. The molecule has 0 fully saturated rings. The molecule has 0 spiro atoms. The Labute approximate surface area is 159 Å². The molecule has 0 aliphatic carbocycles. The fourth-order valence-electron chi connectivity index (χ4n) is 2.21. The quantitative estimate of drug-likeness (QED) is 0.570. The van der Waals surface area contributed by atoms with Crippen LogP contribution in [0.3, 0.4) is 0 Å². The number of fused-ring (bicyclic) bond motifs is 1. The molecule has 1 amide bonds. The molecule has 1 aliphatic heterocycles. The van der Waals surface area contributed by atoms with Crippen molar-refractivity contribution in [1.82, 2.24) is 4.98 Å². The average Bonchev–Trinajstić information content (AvgIpc) is 3.23. The van der Waals surface area contributed by atoms with Gasteiger partial charge in [0, 0.05) is 17.1 Å². The smallest absolute Gasteiger partial charge is 0.311 e. The summed E-state index contributed by atoms with van der Waals surface area (Å²) in [5.74, 6) is 0.841. The van der Waals surface area contributed by atoms with Crippen LogP contribution in [-0.4, -0.2) is 35.5 Å². The van der Waals surface area contributed by atoms with Gasteiger partial charge in [-0.3, -0.25) is 9.59 Å². The monoisotopic (exact) mass is 394 g/mol. The Morgan fingerprint density at radius 2 is 2.19 bits per heavy atom. The van der Waals surface area contributed by atoms with E-state index in [9.17, 15) is 9.59 Å². The molecule has 1 aromatic carbocycles. The molecule has 138 valence electrons. The van der Waals surface area contributed by atoms with Gasteiger partial charge in [0.15, 0.2) is 15.8 Å². The van der Waals surface area contributed by atoms with Gasteiger partial charge in [-0.05, 0) is 26.0 Å². The third kappa shape index (κ3) is 4.67. The van der Waals surface area contributed by atoms with E-state index >= 15 is 0 Å². The summed E-state index contributed by atoms with van der Waals surface area (Å²) in [5, 5.41) is 4.32. The summed E-state index contributed by atoms with van der Waals surface area (Å²) in [4.78, 5) is 28.2. The molecule has 1 aromatic heterocycles. The number of aromatic nitrogens is 1. The molecular formula is C17H18N2O5S2. The number of thiazole rings is 1. The second-order valence-corrected chi connectivity index (χ2v) is 7.85. The number of ether oxygens (including phenoxy) is 3. The average molecular weight is 394 g/mol. The molecule has 0 saturated heterocycles. The number of nitrogens with one attached hydrogen (secondary N) is 1. The summed E-state index contributed by atoms with van der Waals surface area (Å²) < 4.78 is 16.2. The molecule has 9 heteroatoms. The van der Waals surface area contributed by atoms with E-state index in [4.69, 9.17) is 14.2 Å². The minimum Gasteiger partial charge on any atom is -0.466 e. The number of carbonyl (C=O) groups is 2. The first-order chi connectivity index (χ1) is 12.5. The third-order valence-corrected chi connectivity index (χ3v) is 5.57. The number of thioether (sulfide) groups is 1. The molecular weight excluding hydrogens is 376 g/mol. The van der Waals surface area contributed by atoms with Crippen molar-refractivity contribution in [3.8, 4) is 11.5 Å². The first kappa shape index (κ1) is 18.5. The van der Waals surface area contributed by atoms with Crippen LogP contribution < -0.4 is 14.8 Å². The lowest BCUT2D eigenvalue weighted by atomic mass is 10.2. The second kappa shape index (κ2) is 8.41. The third-order valence-electron chi connectivity index (χ3n) is 3.45. The van der Waals surface area contributed by atoms with E-state index in [-0.39, 0.29) is 30.3 Å². The van der Waals surface area contributed by atoms with E-state index in [2.05, 4.69) is 10.3 Å². The summed E-state index contributed by atoms with van der Waals surface area (Å²) >= 11 is 2.75. The first-order valence-electron chi connectivity index (χ1n) is 8.02. The van der Waals surface area contributed by atoms with Crippen LogP contribution in [0.25, 0.3) is 0 Å². The highest BCUT2D eigenvalue weighted by atomic mass is 32.2. The van der Waals surface area contributed by atoms with Crippen LogP contribution in [0, 0.1) is 0 Å². The van der Waals surface area contributed by atoms with E-state index in [1.807, 2.05) is 5.38 Å². The molecule has 1 N–H and O–H groups in total. The van der Waals surface area contributed by atoms with Crippen LogP contribution in [0.4, 0.5) is 5.69 Å². The van der Waals surface area contributed by atoms with Crippen molar-refractivity contribution >= 4 is 40.7 Å². The molecule has 1 atom stereocenters. The minimum absolute atomic E-state index is 0.142. The van der Waals surface area contributed by atoms with Crippen LogP contribution in [0.2, 0.25) is 0 Å². The molecule has 0 saturated carbocycles. The molecule has 2 heterocycles. The highest BCUT2D eigenvalue weighted by Gasteiger charge is 2.19. The Balaban J connectivity index is 1.54. The molecule has 0 radical (unpaired) electrons. The minimum atomic E-state index is -0.345. The lowest BCUT2D eigenvalue weighted by molar-refractivity contribution is -0.142. The number of hydrogen-bond acceptors (Lipinski definition) is 8. The van der Waals surface area contributed by atoms with Crippen LogP contribution >= 0.6 is 23.1 Å². The summed E-state index contributed by atoms with van der Waals surface area (Å²) in [6.07, 6.45) is 0.142. The number of anilines is 1. The highest BCUT2D eigenvalue weighted by molar-refractivity contribution is 8.02. The number of nitrogens with zero attached hydrogens (tertiary/aromatic N) is 1. The number of amides is 1. The molecule has 0 unspecified atom stereocenters. The van der Waals surface area contributed by atoms with Crippen LogP contribution in [0.15, 0.2) is 27.9 Å². The van der Waals surface area contributed by atoms with Gasteiger partial charge < -0.3 is 19.5 Å². The fourth-order valence-corrected chi connectivity index (χ4v) is 4.19. The maximum atomic E-state index is 12.4. The Bertz CT molecular complexity index is 808. The number of rotatable bonds is 7. The van der Waals surface area contributed by atoms with Crippen LogP contribution in [-0.2, 0) is 20.7 Å². The molecule has 7 nitrogen and oxygen atoms in total.